The molecule has 0 atom stereocenters. The molecule has 3 heterocycles. The van der Waals surface area contributed by atoms with Gasteiger partial charge in [0.2, 0.25) is 0 Å². The van der Waals surface area contributed by atoms with E-state index in [0.717, 1.165) is 60.8 Å². The average Bonchev–Trinajstić information content (AvgIpc) is 3.73. The number of hydrogen-bond donors (Lipinski definition) is 1. The Morgan fingerprint density at radius 2 is 1.34 bits per heavy atom. The molecule has 6 aromatic carbocycles. The molecule has 9 rings (SSSR count). The largest absolute Gasteiger partial charge is 0.372 e. The third-order valence-electron chi connectivity index (χ3n) is 9.95. The van der Waals surface area contributed by atoms with Crippen LogP contribution in [0.5, 0.6) is 0 Å². The summed E-state index contributed by atoms with van der Waals surface area (Å²) in [6.07, 6.45) is 3.63. The van der Waals surface area contributed by atoms with Gasteiger partial charge in [0.25, 0.3) is 0 Å². The van der Waals surface area contributed by atoms with E-state index in [0.29, 0.717) is 5.82 Å². The Labute approximate surface area is 320 Å². The van der Waals surface area contributed by atoms with Gasteiger partial charge in [0.05, 0.1) is 5.56 Å². The van der Waals surface area contributed by atoms with Crippen molar-refractivity contribution in [2.45, 2.75) is 5.41 Å². The molecule has 0 saturated heterocycles. The van der Waals surface area contributed by atoms with Crippen LogP contribution in [-0.2, 0) is 38.4 Å². The molecule has 0 aliphatic carbocycles. The van der Waals surface area contributed by atoms with E-state index in [-0.39, 0.29) is 26.6 Å². The van der Waals surface area contributed by atoms with E-state index < -0.39 is 11.4 Å². The molecule has 7 nitrogen and oxygen atoms in total. The van der Waals surface area contributed by atoms with Crippen LogP contribution >= 0.6 is 0 Å². The molecule has 0 spiro atoms. The SMILES string of the molecule is Cn1[cH+]n(-c2[c-]c(C(c3[c-]c4c(cc3)c3ccccc3n4-c3cc(C(=O)OO)ccn3)(c3ccccc3)c3ccccc3)ccc2)c2ccccc21.[Pt]. The van der Waals surface area contributed by atoms with Crippen molar-refractivity contribution in [2.75, 3.05) is 0 Å². The van der Waals surface area contributed by atoms with E-state index in [1.165, 1.54) is 12.3 Å². The number of imidazole rings is 1. The number of aryl methyl sites for hydroxylation is 1. The van der Waals surface area contributed by atoms with Crippen LogP contribution in [-0.4, -0.2) is 29.9 Å². The first-order valence-electron chi connectivity index (χ1n) is 17.0. The van der Waals surface area contributed by atoms with Gasteiger partial charge in [0, 0.05) is 63.1 Å². The van der Waals surface area contributed by atoms with E-state index in [1.807, 2.05) is 34.9 Å². The molecule has 3 aromatic heterocycles. The zero-order valence-corrected chi connectivity index (χ0v) is 30.7. The number of benzene rings is 6. The summed E-state index contributed by atoms with van der Waals surface area (Å²) in [7, 11) is 2.06. The minimum atomic E-state index is -0.860. The van der Waals surface area contributed by atoms with Gasteiger partial charge < -0.3 is 4.57 Å². The fourth-order valence-electron chi connectivity index (χ4n) is 7.65. The van der Waals surface area contributed by atoms with E-state index in [1.54, 1.807) is 6.07 Å². The summed E-state index contributed by atoms with van der Waals surface area (Å²) in [5.41, 5.74) is 8.10. The van der Waals surface area contributed by atoms with Crippen molar-refractivity contribution in [3.63, 3.8) is 0 Å². The zero-order chi connectivity index (χ0) is 35.2. The van der Waals surface area contributed by atoms with Gasteiger partial charge in [-0.15, -0.1) is 22.6 Å². The van der Waals surface area contributed by atoms with Crippen molar-refractivity contribution < 1.29 is 36.0 Å². The zero-order valence-electron chi connectivity index (χ0n) is 28.5. The van der Waals surface area contributed by atoms with E-state index in [9.17, 15) is 4.79 Å². The first kappa shape index (κ1) is 34.0. The number of pyridine rings is 1. The smallest absolute Gasteiger partial charge is 0.319 e. The molecule has 9 aromatic rings. The second-order valence-corrected chi connectivity index (χ2v) is 12.8. The van der Waals surface area contributed by atoms with Gasteiger partial charge in [-0.25, -0.2) is 18.9 Å². The monoisotopic (exact) mass is 870 g/mol. The second-order valence-electron chi connectivity index (χ2n) is 12.8. The molecule has 8 heteroatoms. The Hall–Kier alpha value is -6.14. The van der Waals surface area contributed by atoms with Crippen LogP contribution in [0.4, 0.5) is 0 Å². The summed E-state index contributed by atoms with van der Waals surface area (Å²) in [5, 5.41) is 11.2. The van der Waals surface area contributed by atoms with Crippen LogP contribution in [0.3, 0.4) is 0 Å². The van der Waals surface area contributed by atoms with Crippen LogP contribution < -0.4 is 0 Å². The molecule has 0 radical (unpaired) electrons. The fraction of sp³-hybridized carbons (Fsp3) is 0.0444. The van der Waals surface area contributed by atoms with E-state index in [2.05, 4.69) is 154 Å². The number of nitrogens with zero attached hydrogens (tertiary/aromatic N) is 4. The third-order valence-corrected chi connectivity index (χ3v) is 9.95. The van der Waals surface area contributed by atoms with Crippen LogP contribution in [0.1, 0.15) is 32.6 Å². The number of aromatic nitrogens is 4. The number of hydrogen-bond acceptors (Lipinski definition) is 4. The average molecular weight is 871 g/mol. The van der Waals surface area contributed by atoms with E-state index in [4.69, 9.17) is 5.26 Å². The molecule has 0 saturated carbocycles. The first-order valence-corrected chi connectivity index (χ1v) is 17.0. The number of rotatable bonds is 7. The molecular weight excluding hydrogens is 840 g/mol. The van der Waals surface area contributed by atoms with Gasteiger partial charge in [0.1, 0.15) is 5.82 Å². The predicted octanol–water partition coefficient (Wildman–Crippen LogP) is 9.35. The summed E-state index contributed by atoms with van der Waals surface area (Å²) in [4.78, 5) is 21.1. The van der Waals surface area contributed by atoms with Gasteiger partial charge >= 0.3 is 5.97 Å². The Bertz CT molecular complexity index is 2740. The molecule has 0 aliphatic heterocycles. The minimum absolute atomic E-state index is 0. The number of fused-ring (bicyclic) bond motifs is 4. The van der Waals surface area contributed by atoms with Crippen molar-refractivity contribution in [3.05, 3.63) is 204 Å². The van der Waals surface area contributed by atoms with Crippen LogP contribution in [0.25, 0.3) is 44.3 Å². The Morgan fingerprint density at radius 1 is 0.698 bits per heavy atom. The topological polar surface area (TPSA) is 74.2 Å². The van der Waals surface area contributed by atoms with Crippen molar-refractivity contribution >= 4 is 38.8 Å². The van der Waals surface area contributed by atoms with E-state index >= 15 is 0 Å². The van der Waals surface area contributed by atoms with Gasteiger partial charge in [-0.3, -0.25) is 4.89 Å². The normalized spacial score (nSPS) is 11.5. The number of para-hydroxylation sites is 3. The predicted molar refractivity (Wildman–Crippen MR) is 203 cm³/mol. The van der Waals surface area contributed by atoms with Gasteiger partial charge in [-0.05, 0) is 46.8 Å². The van der Waals surface area contributed by atoms with Crippen LogP contribution in [0.15, 0.2) is 164 Å². The van der Waals surface area contributed by atoms with Gasteiger partial charge in [-0.1, -0.05) is 90.4 Å². The van der Waals surface area contributed by atoms with Crippen molar-refractivity contribution in [3.8, 4) is 11.5 Å². The molecule has 0 fully saturated rings. The molecular formula is C45H31N4O3Pt-. The Kier molecular flexibility index (Phi) is 8.83. The molecule has 260 valence electrons. The maximum Gasteiger partial charge on any atom is 0.372 e. The maximum atomic E-state index is 12.4. The Balaban J connectivity index is 0.00000400. The van der Waals surface area contributed by atoms with Crippen molar-refractivity contribution in [2.24, 2.45) is 7.05 Å². The first-order chi connectivity index (χ1) is 25.6. The summed E-state index contributed by atoms with van der Waals surface area (Å²) in [6.45, 7) is 0. The van der Waals surface area contributed by atoms with Crippen LogP contribution in [0.2, 0.25) is 0 Å². The van der Waals surface area contributed by atoms with Crippen molar-refractivity contribution in [1.82, 2.24) is 18.7 Å². The standard InChI is InChI=1S/C45H31N4O3.Pt/c1-47-30-48(41-22-11-10-21-40(41)47)36-18-12-17-34(28-36)45(32-13-4-2-5-14-32,33-15-6-3-7-16-33)35-23-24-38-37-19-8-9-20-39(37)49(42(38)29-35)43-27-31(25-26-46-43)44(50)52-51;/h2-27,30,51H,1H3;/q-1;. The molecule has 0 amide bonds. The molecule has 53 heavy (non-hydrogen) atoms. The third kappa shape index (κ3) is 5.48. The molecule has 1 N–H and O–H groups in total. The van der Waals surface area contributed by atoms with Gasteiger partial charge in [0.15, 0.2) is 17.4 Å². The minimum Gasteiger partial charge on any atom is -0.319 e. The fourth-order valence-corrected chi connectivity index (χ4v) is 7.65. The summed E-state index contributed by atoms with van der Waals surface area (Å²) >= 11 is 0. The van der Waals surface area contributed by atoms with Crippen LogP contribution in [0, 0.1) is 12.1 Å². The summed E-state index contributed by atoms with van der Waals surface area (Å²) in [5.74, 6) is -0.367. The van der Waals surface area contributed by atoms with Gasteiger partial charge in [-0.2, -0.15) is 35.6 Å². The molecule has 0 aliphatic rings. The molecule has 0 bridgehead atoms. The Morgan fingerprint density at radius 3 is 2.06 bits per heavy atom. The quantitative estimate of drug-likeness (QED) is 0.0751. The summed E-state index contributed by atoms with van der Waals surface area (Å²) < 4.78 is 6.32. The second kappa shape index (κ2) is 13.8. The summed E-state index contributed by atoms with van der Waals surface area (Å²) in [6, 6.07) is 59.0. The number of carbonyl (C=O) groups is 1. The molecule has 0 unspecified atom stereocenters. The van der Waals surface area contributed by atoms with Crippen molar-refractivity contribution in [1.29, 1.82) is 0 Å². The maximum absolute atomic E-state index is 12.4. The number of carbonyl (C=O) groups excluding carboxylic acids is 1.